The molecular weight excluding hydrogens is 256 g/mol. The maximum atomic E-state index is 11.5. The van der Waals surface area contributed by atoms with Gasteiger partial charge in [-0.2, -0.15) is 0 Å². The van der Waals surface area contributed by atoms with E-state index in [1.54, 1.807) is 6.20 Å². The standard InChI is InChI=1S/C15H20N2O3/c1-11(2)7-8-16-15(18)17-9-12-10-19-13-5-3-4-6-14(13)20-12/h3-8,11-12H,9-10H2,1-2H3,(H2,16,17,18)/b8-7+. The quantitative estimate of drug-likeness (QED) is 0.887. The fraction of sp³-hybridized carbons (Fsp3) is 0.400. The van der Waals surface area contributed by atoms with Crippen LogP contribution in [-0.2, 0) is 0 Å². The number of ether oxygens (including phenoxy) is 2. The average Bonchev–Trinajstić information content (AvgIpc) is 2.44. The van der Waals surface area contributed by atoms with Crippen molar-refractivity contribution >= 4 is 6.03 Å². The van der Waals surface area contributed by atoms with E-state index >= 15 is 0 Å². The molecule has 2 rings (SSSR count). The van der Waals surface area contributed by atoms with Gasteiger partial charge in [0.1, 0.15) is 6.61 Å². The first-order chi connectivity index (χ1) is 9.65. The Morgan fingerprint density at radius 2 is 2.15 bits per heavy atom. The summed E-state index contributed by atoms with van der Waals surface area (Å²) in [4.78, 5) is 11.5. The van der Waals surface area contributed by atoms with E-state index < -0.39 is 0 Å². The van der Waals surface area contributed by atoms with Crippen molar-refractivity contribution < 1.29 is 14.3 Å². The van der Waals surface area contributed by atoms with Gasteiger partial charge < -0.3 is 20.1 Å². The van der Waals surface area contributed by atoms with E-state index in [-0.39, 0.29) is 12.1 Å². The third-order valence-corrected chi connectivity index (χ3v) is 2.75. The number of urea groups is 1. The Bertz CT molecular complexity index is 486. The van der Waals surface area contributed by atoms with Crippen molar-refractivity contribution in [3.63, 3.8) is 0 Å². The van der Waals surface area contributed by atoms with E-state index in [0.717, 1.165) is 5.75 Å². The summed E-state index contributed by atoms with van der Waals surface area (Å²) in [6, 6.07) is 7.26. The lowest BCUT2D eigenvalue weighted by Crippen LogP contribution is -2.43. The molecule has 2 amide bonds. The predicted molar refractivity (Wildman–Crippen MR) is 76.9 cm³/mol. The number of rotatable bonds is 4. The second kappa shape index (κ2) is 6.84. The number of benzene rings is 1. The highest BCUT2D eigenvalue weighted by Gasteiger charge is 2.20. The molecule has 0 aromatic heterocycles. The molecule has 0 fully saturated rings. The molecule has 5 heteroatoms. The van der Waals surface area contributed by atoms with Gasteiger partial charge in [-0.15, -0.1) is 0 Å². The van der Waals surface area contributed by atoms with Crippen LogP contribution in [0.15, 0.2) is 36.5 Å². The SMILES string of the molecule is CC(C)/C=C/NC(=O)NCC1COc2ccccc2O1. The smallest absolute Gasteiger partial charge is 0.318 e. The summed E-state index contributed by atoms with van der Waals surface area (Å²) in [7, 11) is 0. The largest absolute Gasteiger partial charge is 0.486 e. The van der Waals surface area contributed by atoms with E-state index in [1.807, 2.05) is 44.2 Å². The molecule has 1 aliphatic rings. The highest BCUT2D eigenvalue weighted by molar-refractivity contribution is 5.74. The third-order valence-electron chi connectivity index (χ3n) is 2.75. The molecule has 0 bridgehead atoms. The third kappa shape index (κ3) is 4.19. The lowest BCUT2D eigenvalue weighted by molar-refractivity contribution is 0.0919. The van der Waals surface area contributed by atoms with E-state index in [2.05, 4.69) is 10.6 Å². The van der Waals surface area contributed by atoms with Gasteiger partial charge in [-0.05, 0) is 18.1 Å². The second-order valence-corrected chi connectivity index (χ2v) is 4.96. The van der Waals surface area contributed by atoms with E-state index in [4.69, 9.17) is 9.47 Å². The predicted octanol–water partition coefficient (Wildman–Crippen LogP) is 2.30. The molecule has 1 aliphatic heterocycles. The highest BCUT2D eigenvalue weighted by Crippen LogP contribution is 2.30. The Morgan fingerprint density at radius 1 is 1.40 bits per heavy atom. The van der Waals surface area contributed by atoms with Gasteiger partial charge in [0.15, 0.2) is 17.6 Å². The van der Waals surface area contributed by atoms with Gasteiger partial charge in [0.25, 0.3) is 0 Å². The summed E-state index contributed by atoms with van der Waals surface area (Å²) in [6.07, 6.45) is 3.38. The first-order valence-corrected chi connectivity index (χ1v) is 6.74. The van der Waals surface area contributed by atoms with Crippen LogP contribution in [0.25, 0.3) is 0 Å². The summed E-state index contributed by atoms with van der Waals surface area (Å²) in [5.74, 6) is 1.86. The lowest BCUT2D eigenvalue weighted by Gasteiger charge is -2.26. The van der Waals surface area contributed by atoms with Crippen molar-refractivity contribution in [2.24, 2.45) is 5.92 Å². The molecule has 0 aliphatic carbocycles. The second-order valence-electron chi connectivity index (χ2n) is 4.96. The summed E-state index contributed by atoms with van der Waals surface area (Å²) in [5.41, 5.74) is 0. The van der Waals surface area contributed by atoms with Crippen molar-refractivity contribution in [2.75, 3.05) is 13.2 Å². The first kappa shape index (κ1) is 14.2. The average molecular weight is 276 g/mol. The number of para-hydroxylation sites is 2. The van der Waals surface area contributed by atoms with Gasteiger partial charge in [0.05, 0.1) is 6.54 Å². The van der Waals surface area contributed by atoms with Crippen molar-refractivity contribution in [3.05, 3.63) is 36.5 Å². The molecule has 1 aromatic rings. The zero-order valence-electron chi connectivity index (χ0n) is 11.8. The molecule has 1 atom stereocenters. The highest BCUT2D eigenvalue weighted by atomic mass is 16.6. The summed E-state index contributed by atoms with van der Waals surface area (Å²) >= 11 is 0. The Kier molecular flexibility index (Phi) is 4.87. The molecule has 1 aromatic carbocycles. The zero-order valence-corrected chi connectivity index (χ0v) is 11.8. The zero-order chi connectivity index (χ0) is 14.4. The summed E-state index contributed by atoms with van der Waals surface area (Å²) in [5, 5.41) is 5.40. The van der Waals surface area contributed by atoms with Crippen molar-refractivity contribution in [1.29, 1.82) is 0 Å². The normalized spacial score (nSPS) is 17.2. The van der Waals surface area contributed by atoms with Crippen LogP contribution in [-0.4, -0.2) is 25.3 Å². The minimum Gasteiger partial charge on any atom is -0.486 e. The summed E-state index contributed by atoms with van der Waals surface area (Å²) < 4.78 is 11.3. The van der Waals surface area contributed by atoms with E-state index in [0.29, 0.717) is 24.8 Å². The first-order valence-electron chi connectivity index (χ1n) is 6.74. The monoisotopic (exact) mass is 276 g/mol. The van der Waals surface area contributed by atoms with Crippen LogP contribution in [0.1, 0.15) is 13.8 Å². The molecule has 0 saturated carbocycles. The van der Waals surface area contributed by atoms with Gasteiger partial charge in [-0.1, -0.05) is 32.1 Å². The lowest BCUT2D eigenvalue weighted by atomic mass is 10.2. The van der Waals surface area contributed by atoms with Crippen LogP contribution in [0.2, 0.25) is 0 Å². The molecule has 108 valence electrons. The summed E-state index contributed by atoms with van der Waals surface area (Å²) in [6.45, 7) is 4.91. The van der Waals surface area contributed by atoms with E-state index in [9.17, 15) is 4.79 Å². The maximum absolute atomic E-state index is 11.5. The molecule has 2 N–H and O–H groups in total. The van der Waals surface area contributed by atoms with Crippen LogP contribution in [0, 0.1) is 5.92 Å². The van der Waals surface area contributed by atoms with Crippen molar-refractivity contribution in [2.45, 2.75) is 20.0 Å². The number of hydrogen-bond donors (Lipinski definition) is 2. The van der Waals surface area contributed by atoms with Crippen LogP contribution in [0.5, 0.6) is 11.5 Å². The van der Waals surface area contributed by atoms with Crippen LogP contribution in [0.4, 0.5) is 4.79 Å². The number of carbonyl (C=O) groups is 1. The van der Waals surface area contributed by atoms with Crippen LogP contribution >= 0.6 is 0 Å². The number of hydrogen-bond acceptors (Lipinski definition) is 3. The molecule has 5 nitrogen and oxygen atoms in total. The van der Waals surface area contributed by atoms with Crippen LogP contribution < -0.4 is 20.1 Å². The van der Waals surface area contributed by atoms with Gasteiger partial charge in [-0.3, -0.25) is 0 Å². The minimum absolute atomic E-state index is 0.176. The van der Waals surface area contributed by atoms with Crippen molar-refractivity contribution in [1.82, 2.24) is 10.6 Å². The molecule has 0 spiro atoms. The van der Waals surface area contributed by atoms with Gasteiger partial charge in [0, 0.05) is 6.20 Å². The Balaban J connectivity index is 1.74. The van der Waals surface area contributed by atoms with Gasteiger partial charge >= 0.3 is 6.03 Å². The molecule has 0 saturated heterocycles. The molecule has 0 radical (unpaired) electrons. The van der Waals surface area contributed by atoms with Gasteiger partial charge in [0.2, 0.25) is 0 Å². The minimum atomic E-state index is -0.246. The molecule has 20 heavy (non-hydrogen) atoms. The number of allylic oxidation sites excluding steroid dienone is 1. The van der Waals surface area contributed by atoms with Crippen molar-refractivity contribution in [3.8, 4) is 11.5 Å². The fourth-order valence-corrected chi connectivity index (χ4v) is 1.74. The van der Waals surface area contributed by atoms with Crippen LogP contribution in [0.3, 0.4) is 0 Å². The molecular formula is C15H20N2O3. The number of carbonyl (C=O) groups excluding carboxylic acids is 1. The molecule has 1 heterocycles. The Hall–Kier alpha value is -2.17. The van der Waals surface area contributed by atoms with Gasteiger partial charge in [-0.25, -0.2) is 4.79 Å². The number of fused-ring (bicyclic) bond motifs is 1. The number of nitrogens with one attached hydrogen (secondary N) is 2. The Labute approximate surface area is 119 Å². The Morgan fingerprint density at radius 3 is 2.90 bits per heavy atom. The molecule has 1 unspecified atom stereocenters. The van der Waals surface area contributed by atoms with E-state index in [1.165, 1.54) is 0 Å². The fourth-order valence-electron chi connectivity index (χ4n) is 1.74. The topological polar surface area (TPSA) is 59.6 Å². The maximum Gasteiger partial charge on any atom is 0.318 e. The number of amides is 2.